The SMILES string of the molecule is CCc1cc(Cl)c(O)c(C2(C(C)N)CC2)c1. The minimum atomic E-state index is -0.0428. The lowest BCUT2D eigenvalue weighted by molar-refractivity contribution is 0.446. The first-order chi connectivity index (χ1) is 7.51. The third-order valence-electron chi connectivity index (χ3n) is 3.73. The van der Waals surface area contributed by atoms with E-state index in [4.69, 9.17) is 17.3 Å². The Morgan fingerprint density at radius 2 is 2.12 bits per heavy atom. The van der Waals surface area contributed by atoms with E-state index in [-0.39, 0.29) is 17.2 Å². The highest BCUT2D eigenvalue weighted by molar-refractivity contribution is 6.32. The van der Waals surface area contributed by atoms with Crippen molar-refractivity contribution in [2.75, 3.05) is 0 Å². The Hall–Kier alpha value is -0.730. The van der Waals surface area contributed by atoms with Crippen LogP contribution in [0.1, 0.15) is 37.8 Å². The van der Waals surface area contributed by atoms with E-state index in [0.29, 0.717) is 5.02 Å². The van der Waals surface area contributed by atoms with Gasteiger partial charge in [-0.3, -0.25) is 0 Å². The number of benzene rings is 1. The minimum Gasteiger partial charge on any atom is -0.506 e. The number of halogens is 1. The molecule has 0 spiro atoms. The van der Waals surface area contributed by atoms with Crippen LogP contribution >= 0.6 is 11.6 Å². The molecule has 0 heterocycles. The highest BCUT2D eigenvalue weighted by Gasteiger charge is 2.49. The Morgan fingerprint density at radius 1 is 1.50 bits per heavy atom. The summed E-state index contributed by atoms with van der Waals surface area (Å²) in [5.41, 5.74) is 8.07. The summed E-state index contributed by atoms with van der Waals surface area (Å²) < 4.78 is 0. The molecule has 0 radical (unpaired) electrons. The van der Waals surface area contributed by atoms with Gasteiger partial charge < -0.3 is 10.8 Å². The van der Waals surface area contributed by atoms with E-state index in [1.807, 2.05) is 13.0 Å². The molecule has 0 aliphatic heterocycles. The van der Waals surface area contributed by atoms with Gasteiger partial charge in [-0.15, -0.1) is 0 Å². The van der Waals surface area contributed by atoms with E-state index in [0.717, 1.165) is 30.4 Å². The second kappa shape index (κ2) is 3.94. The third kappa shape index (κ3) is 1.70. The summed E-state index contributed by atoms with van der Waals surface area (Å²) in [5, 5.41) is 10.5. The van der Waals surface area contributed by atoms with Crippen LogP contribution in [-0.2, 0) is 11.8 Å². The van der Waals surface area contributed by atoms with Gasteiger partial charge in [0.15, 0.2) is 0 Å². The maximum atomic E-state index is 10.1. The average molecular weight is 240 g/mol. The molecular weight excluding hydrogens is 222 g/mol. The molecule has 1 aliphatic carbocycles. The molecule has 1 unspecified atom stereocenters. The van der Waals surface area contributed by atoms with Crippen molar-refractivity contribution in [2.24, 2.45) is 5.73 Å². The summed E-state index contributed by atoms with van der Waals surface area (Å²) in [7, 11) is 0. The standard InChI is InChI=1S/C13H18ClNO/c1-3-9-6-10(12(16)11(14)7-9)13(4-5-13)8(2)15/h6-8,16H,3-5,15H2,1-2H3. The molecule has 3 N–H and O–H groups in total. The first-order valence-corrected chi connectivity index (χ1v) is 6.16. The van der Waals surface area contributed by atoms with Crippen LogP contribution in [0.25, 0.3) is 0 Å². The minimum absolute atomic E-state index is 0.0428. The summed E-state index contributed by atoms with van der Waals surface area (Å²) >= 11 is 6.05. The largest absolute Gasteiger partial charge is 0.506 e. The van der Waals surface area contributed by atoms with E-state index >= 15 is 0 Å². The van der Waals surface area contributed by atoms with Crippen LogP contribution in [0, 0.1) is 0 Å². The molecule has 1 atom stereocenters. The Kier molecular flexibility index (Phi) is 2.89. The topological polar surface area (TPSA) is 46.2 Å². The number of phenols is 1. The van der Waals surface area contributed by atoms with Crippen molar-refractivity contribution in [3.8, 4) is 5.75 Å². The van der Waals surface area contributed by atoms with Gasteiger partial charge in [0, 0.05) is 17.0 Å². The molecule has 0 bridgehead atoms. The fourth-order valence-corrected chi connectivity index (χ4v) is 2.59. The van der Waals surface area contributed by atoms with Gasteiger partial charge in [-0.2, -0.15) is 0 Å². The van der Waals surface area contributed by atoms with Crippen molar-refractivity contribution < 1.29 is 5.11 Å². The summed E-state index contributed by atoms with van der Waals surface area (Å²) in [4.78, 5) is 0. The Balaban J connectivity index is 2.52. The second-order valence-electron chi connectivity index (χ2n) is 4.77. The number of hydrogen-bond acceptors (Lipinski definition) is 2. The van der Waals surface area contributed by atoms with Crippen LogP contribution in [-0.4, -0.2) is 11.1 Å². The normalized spacial score (nSPS) is 19.5. The molecule has 2 rings (SSSR count). The van der Waals surface area contributed by atoms with Gasteiger partial charge >= 0.3 is 0 Å². The molecule has 2 nitrogen and oxygen atoms in total. The monoisotopic (exact) mass is 239 g/mol. The number of hydrogen-bond donors (Lipinski definition) is 2. The number of phenolic OH excluding ortho intramolecular Hbond substituents is 1. The average Bonchev–Trinajstić information content (AvgIpc) is 3.02. The molecule has 0 saturated heterocycles. The van der Waals surface area contributed by atoms with Gasteiger partial charge in [-0.05, 0) is 37.8 Å². The smallest absolute Gasteiger partial charge is 0.137 e. The van der Waals surface area contributed by atoms with Gasteiger partial charge in [-0.1, -0.05) is 24.6 Å². The maximum Gasteiger partial charge on any atom is 0.137 e. The van der Waals surface area contributed by atoms with Crippen LogP contribution in [0.5, 0.6) is 5.75 Å². The maximum absolute atomic E-state index is 10.1. The fraction of sp³-hybridized carbons (Fsp3) is 0.538. The molecular formula is C13H18ClNO. The number of rotatable bonds is 3. The molecule has 16 heavy (non-hydrogen) atoms. The van der Waals surface area contributed by atoms with Crippen LogP contribution in [0.4, 0.5) is 0 Å². The summed E-state index contributed by atoms with van der Waals surface area (Å²) in [6.45, 7) is 4.08. The van der Waals surface area contributed by atoms with Gasteiger partial charge in [-0.25, -0.2) is 0 Å². The zero-order valence-electron chi connectivity index (χ0n) is 9.76. The zero-order valence-corrected chi connectivity index (χ0v) is 10.5. The van der Waals surface area contributed by atoms with Crippen molar-refractivity contribution >= 4 is 11.6 Å². The zero-order chi connectivity index (χ0) is 11.9. The number of nitrogens with two attached hydrogens (primary N) is 1. The van der Waals surface area contributed by atoms with Crippen molar-refractivity contribution in [3.63, 3.8) is 0 Å². The summed E-state index contributed by atoms with van der Waals surface area (Å²) in [6.07, 6.45) is 3.01. The Bertz CT molecular complexity index is 411. The van der Waals surface area contributed by atoms with Crippen LogP contribution < -0.4 is 5.73 Å². The molecule has 88 valence electrons. The van der Waals surface area contributed by atoms with Crippen molar-refractivity contribution in [1.82, 2.24) is 0 Å². The first kappa shape index (κ1) is 11.7. The predicted molar refractivity (Wildman–Crippen MR) is 67.1 cm³/mol. The Labute approximate surface area is 101 Å². The van der Waals surface area contributed by atoms with Crippen molar-refractivity contribution in [3.05, 3.63) is 28.3 Å². The van der Waals surface area contributed by atoms with E-state index in [9.17, 15) is 5.11 Å². The van der Waals surface area contributed by atoms with E-state index in [2.05, 4.69) is 13.0 Å². The molecule has 1 fully saturated rings. The van der Waals surface area contributed by atoms with Gasteiger partial charge in [0.2, 0.25) is 0 Å². The lowest BCUT2D eigenvalue weighted by Crippen LogP contribution is -2.31. The lowest BCUT2D eigenvalue weighted by Gasteiger charge is -2.22. The quantitative estimate of drug-likeness (QED) is 0.852. The van der Waals surface area contributed by atoms with Gasteiger partial charge in [0.1, 0.15) is 5.75 Å². The number of aryl methyl sites for hydroxylation is 1. The molecule has 0 aromatic heterocycles. The van der Waals surface area contributed by atoms with Gasteiger partial charge in [0.05, 0.1) is 5.02 Å². The molecule has 1 aromatic carbocycles. The van der Waals surface area contributed by atoms with Crippen LogP contribution in [0.15, 0.2) is 12.1 Å². The second-order valence-corrected chi connectivity index (χ2v) is 5.18. The van der Waals surface area contributed by atoms with Gasteiger partial charge in [0.25, 0.3) is 0 Å². The van der Waals surface area contributed by atoms with Crippen molar-refractivity contribution in [2.45, 2.75) is 44.6 Å². The molecule has 1 saturated carbocycles. The van der Waals surface area contributed by atoms with E-state index in [1.54, 1.807) is 0 Å². The van der Waals surface area contributed by atoms with E-state index < -0.39 is 0 Å². The summed E-state index contributed by atoms with van der Waals surface area (Å²) in [5.74, 6) is 0.216. The fourth-order valence-electron chi connectivity index (χ4n) is 2.34. The predicted octanol–water partition coefficient (Wildman–Crippen LogP) is 2.99. The van der Waals surface area contributed by atoms with Crippen molar-refractivity contribution in [1.29, 1.82) is 0 Å². The van der Waals surface area contributed by atoms with E-state index in [1.165, 1.54) is 0 Å². The van der Waals surface area contributed by atoms with Crippen LogP contribution in [0.3, 0.4) is 0 Å². The molecule has 0 amide bonds. The molecule has 1 aromatic rings. The molecule has 1 aliphatic rings. The highest BCUT2D eigenvalue weighted by Crippen LogP contribution is 2.54. The first-order valence-electron chi connectivity index (χ1n) is 5.78. The molecule has 3 heteroatoms. The number of aromatic hydroxyl groups is 1. The van der Waals surface area contributed by atoms with Crippen LogP contribution in [0.2, 0.25) is 5.02 Å². The highest BCUT2D eigenvalue weighted by atomic mass is 35.5. The lowest BCUT2D eigenvalue weighted by atomic mass is 9.87. The summed E-state index contributed by atoms with van der Waals surface area (Å²) in [6, 6.07) is 3.94. The third-order valence-corrected chi connectivity index (χ3v) is 4.02. The Morgan fingerprint density at radius 3 is 2.56 bits per heavy atom.